The molecular weight excluding hydrogens is 350 g/mol. The highest BCUT2D eigenvalue weighted by atomic mass is 16.1. The summed E-state index contributed by atoms with van der Waals surface area (Å²) < 4.78 is 0. The van der Waals surface area contributed by atoms with Crippen molar-refractivity contribution in [2.45, 2.75) is 27.2 Å². The Labute approximate surface area is 163 Å². The maximum absolute atomic E-state index is 12.4. The topological polar surface area (TPSA) is 105 Å². The summed E-state index contributed by atoms with van der Waals surface area (Å²) in [5, 5.41) is 21.3. The van der Waals surface area contributed by atoms with Gasteiger partial charge >= 0.3 is 0 Å². The lowest BCUT2D eigenvalue weighted by Gasteiger charge is -2.15. The highest BCUT2D eigenvalue weighted by molar-refractivity contribution is 5.67. The van der Waals surface area contributed by atoms with E-state index in [4.69, 9.17) is 10.5 Å². The summed E-state index contributed by atoms with van der Waals surface area (Å²) in [5.74, 6) is 1.02. The molecule has 0 fully saturated rings. The summed E-state index contributed by atoms with van der Waals surface area (Å²) >= 11 is 0. The van der Waals surface area contributed by atoms with E-state index in [2.05, 4.69) is 27.4 Å². The number of benzene rings is 2. The first-order valence-corrected chi connectivity index (χ1v) is 8.78. The third-order valence-corrected chi connectivity index (χ3v) is 4.56. The number of anilines is 2. The molecule has 0 atom stereocenters. The predicted octanol–water partition coefficient (Wildman–Crippen LogP) is 3.77. The van der Waals surface area contributed by atoms with E-state index in [-0.39, 0.29) is 5.56 Å². The Morgan fingerprint density at radius 2 is 1.61 bits per heavy atom. The molecule has 0 saturated carbocycles. The summed E-state index contributed by atoms with van der Waals surface area (Å²) in [6, 6.07) is 15.0. The molecule has 1 heterocycles. The first-order chi connectivity index (χ1) is 13.4. The summed E-state index contributed by atoms with van der Waals surface area (Å²) in [7, 11) is 0. The van der Waals surface area contributed by atoms with Crippen LogP contribution in [-0.4, -0.2) is 9.97 Å². The molecule has 0 radical (unpaired) electrons. The van der Waals surface area contributed by atoms with Crippen molar-refractivity contribution in [3.8, 4) is 12.1 Å². The maximum Gasteiger partial charge on any atom is 0.255 e. The molecule has 1 aromatic heterocycles. The Bertz CT molecular complexity index is 1150. The molecule has 3 aromatic rings. The Morgan fingerprint density at radius 3 is 2.18 bits per heavy atom. The van der Waals surface area contributed by atoms with Gasteiger partial charge in [0.15, 0.2) is 0 Å². The Morgan fingerprint density at radius 1 is 1.00 bits per heavy atom. The Balaban J connectivity index is 1.95. The minimum atomic E-state index is -0.204. The summed E-state index contributed by atoms with van der Waals surface area (Å²) in [6.45, 7) is 5.54. The van der Waals surface area contributed by atoms with E-state index < -0.39 is 0 Å². The zero-order valence-electron chi connectivity index (χ0n) is 15.9. The van der Waals surface area contributed by atoms with Gasteiger partial charge in [0.05, 0.1) is 28.8 Å². The van der Waals surface area contributed by atoms with Gasteiger partial charge < -0.3 is 10.3 Å². The zero-order valence-corrected chi connectivity index (χ0v) is 15.9. The summed E-state index contributed by atoms with van der Waals surface area (Å²) in [6.07, 6.45) is 0.446. The SMILES string of the molecule is Cc1cc(C#N)cc(C)c1Nc1nc(Cc2ccc(C#N)cc2)[nH]c(=O)c1C. The molecular formula is C22H19N5O. The van der Waals surface area contributed by atoms with Crippen molar-refractivity contribution in [3.05, 3.63) is 86.0 Å². The number of nitrogens with zero attached hydrogens (tertiary/aromatic N) is 3. The summed E-state index contributed by atoms with van der Waals surface area (Å²) in [5.41, 5.74) is 5.07. The molecule has 0 bridgehead atoms. The molecule has 28 heavy (non-hydrogen) atoms. The molecule has 3 rings (SSSR count). The van der Waals surface area contributed by atoms with Crippen LogP contribution in [0.1, 0.15) is 39.2 Å². The number of H-pyrrole nitrogens is 1. The minimum absolute atomic E-state index is 0.204. The van der Waals surface area contributed by atoms with Crippen molar-refractivity contribution in [3.63, 3.8) is 0 Å². The van der Waals surface area contributed by atoms with Gasteiger partial charge in [0.2, 0.25) is 0 Å². The van der Waals surface area contributed by atoms with Crippen LogP contribution < -0.4 is 10.9 Å². The fourth-order valence-corrected chi connectivity index (χ4v) is 3.02. The smallest absolute Gasteiger partial charge is 0.255 e. The first-order valence-electron chi connectivity index (χ1n) is 8.78. The molecule has 0 spiro atoms. The lowest BCUT2D eigenvalue weighted by atomic mass is 10.0. The highest BCUT2D eigenvalue weighted by Gasteiger charge is 2.12. The number of hydrogen-bond donors (Lipinski definition) is 2. The molecule has 0 aliphatic heterocycles. The molecule has 0 amide bonds. The maximum atomic E-state index is 12.4. The number of hydrogen-bond acceptors (Lipinski definition) is 5. The third kappa shape index (κ3) is 3.92. The third-order valence-electron chi connectivity index (χ3n) is 4.56. The van der Waals surface area contributed by atoms with Crippen molar-refractivity contribution in [2.75, 3.05) is 5.32 Å². The summed E-state index contributed by atoms with van der Waals surface area (Å²) in [4.78, 5) is 19.8. The number of aryl methyl sites for hydroxylation is 2. The molecule has 0 aliphatic carbocycles. The van der Waals surface area contributed by atoms with Crippen molar-refractivity contribution >= 4 is 11.5 Å². The highest BCUT2D eigenvalue weighted by Crippen LogP contribution is 2.26. The lowest BCUT2D eigenvalue weighted by molar-refractivity contribution is 0.934. The number of nitrogens with one attached hydrogen (secondary N) is 2. The van der Waals surface area contributed by atoms with Gasteiger partial charge in [0.1, 0.15) is 11.6 Å². The molecule has 6 nitrogen and oxygen atoms in total. The van der Waals surface area contributed by atoms with Crippen LogP contribution in [0.5, 0.6) is 0 Å². The van der Waals surface area contributed by atoms with E-state index in [9.17, 15) is 4.79 Å². The second kappa shape index (κ2) is 7.77. The number of aromatic amines is 1. The average Bonchev–Trinajstić information content (AvgIpc) is 2.68. The fourth-order valence-electron chi connectivity index (χ4n) is 3.02. The quantitative estimate of drug-likeness (QED) is 0.728. The Kier molecular flexibility index (Phi) is 5.24. The average molecular weight is 369 g/mol. The van der Waals surface area contributed by atoms with Gasteiger partial charge in [-0.05, 0) is 61.7 Å². The van der Waals surface area contributed by atoms with Gasteiger partial charge in [0.25, 0.3) is 5.56 Å². The molecule has 2 aromatic carbocycles. The van der Waals surface area contributed by atoms with Crippen molar-refractivity contribution < 1.29 is 0 Å². The second-order valence-corrected chi connectivity index (χ2v) is 6.69. The minimum Gasteiger partial charge on any atom is -0.339 e. The van der Waals surface area contributed by atoms with E-state index in [0.29, 0.717) is 34.8 Å². The van der Waals surface area contributed by atoms with Gasteiger partial charge in [-0.3, -0.25) is 4.79 Å². The second-order valence-electron chi connectivity index (χ2n) is 6.69. The number of aromatic nitrogens is 2. The van der Waals surface area contributed by atoms with Gasteiger partial charge in [-0.25, -0.2) is 4.98 Å². The molecule has 138 valence electrons. The molecule has 2 N–H and O–H groups in total. The fraction of sp³-hybridized carbons (Fsp3) is 0.182. The van der Waals surface area contributed by atoms with Crippen LogP contribution >= 0.6 is 0 Å². The molecule has 0 saturated heterocycles. The molecule has 0 aliphatic rings. The normalized spacial score (nSPS) is 10.2. The Hall–Kier alpha value is -3.90. The van der Waals surface area contributed by atoms with Crippen LogP contribution in [0.25, 0.3) is 0 Å². The van der Waals surface area contributed by atoms with Crippen molar-refractivity contribution in [1.82, 2.24) is 9.97 Å². The molecule has 0 unspecified atom stereocenters. The van der Waals surface area contributed by atoms with Gasteiger partial charge in [-0.1, -0.05) is 12.1 Å². The largest absolute Gasteiger partial charge is 0.339 e. The first kappa shape index (κ1) is 18.9. The molecule has 6 heteroatoms. The van der Waals surface area contributed by atoms with Crippen LogP contribution in [-0.2, 0) is 6.42 Å². The standard InChI is InChI=1S/C22H19N5O/c1-13-8-18(12-24)9-14(2)20(13)27-21-15(3)22(28)26-19(25-21)10-16-4-6-17(11-23)7-5-16/h4-9H,10H2,1-3H3,(H2,25,26,27,28). The van der Waals surface area contributed by atoms with E-state index in [1.807, 2.05) is 26.0 Å². The van der Waals surface area contributed by atoms with Crippen molar-refractivity contribution in [1.29, 1.82) is 10.5 Å². The van der Waals surface area contributed by atoms with Crippen LogP contribution in [0.2, 0.25) is 0 Å². The van der Waals surface area contributed by atoms with Crippen LogP contribution in [0.15, 0.2) is 41.2 Å². The predicted molar refractivity (Wildman–Crippen MR) is 107 cm³/mol. The number of rotatable bonds is 4. The van der Waals surface area contributed by atoms with Crippen LogP contribution in [0.4, 0.5) is 11.5 Å². The van der Waals surface area contributed by atoms with Gasteiger partial charge in [-0.2, -0.15) is 10.5 Å². The monoisotopic (exact) mass is 369 g/mol. The zero-order chi connectivity index (χ0) is 20.3. The van der Waals surface area contributed by atoms with E-state index in [1.54, 1.807) is 31.2 Å². The van der Waals surface area contributed by atoms with Crippen LogP contribution in [0, 0.1) is 43.4 Å². The number of nitriles is 2. The van der Waals surface area contributed by atoms with Gasteiger partial charge in [0, 0.05) is 12.1 Å². The van der Waals surface area contributed by atoms with Crippen LogP contribution in [0.3, 0.4) is 0 Å². The van der Waals surface area contributed by atoms with E-state index in [1.165, 1.54) is 0 Å². The van der Waals surface area contributed by atoms with Gasteiger partial charge in [-0.15, -0.1) is 0 Å². The van der Waals surface area contributed by atoms with Crippen molar-refractivity contribution in [2.24, 2.45) is 0 Å². The van der Waals surface area contributed by atoms with E-state index in [0.717, 1.165) is 22.4 Å². The van der Waals surface area contributed by atoms with E-state index >= 15 is 0 Å². The lowest BCUT2D eigenvalue weighted by Crippen LogP contribution is -2.17.